The molecule has 1 unspecified atom stereocenters. The summed E-state index contributed by atoms with van der Waals surface area (Å²) in [6.45, 7) is 4.16. The van der Waals surface area contributed by atoms with E-state index in [2.05, 4.69) is 20.9 Å². The Labute approximate surface area is 170 Å². The largest absolute Gasteiger partial charge is 0.330 e. The molecule has 2 heterocycles. The van der Waals surface area contributed by atoms with E-state index in [1.807, 2.05) is 12.1 Å². The summed E-state index contributed by atoms with van der Waals surface area (Å²) in [5.41, 5.74) is 0.284. The molecule has 2 aromatic rings. The quantitative estimate of drug-likeness (QED) is 0.358. The number of piperidine rings is 1. The minimum atomic E-state index is -1.08. The Bertz CT molecular complexity index is 839. The summed E-state index contributed by atoms with van der Waals surface area (Å²) in [7, 11) is 0. The van der Waals surface area contributed by atoms with Crippen molar-refractivity contribution in [3.8, 4) is 0 Å². The minimum Gasteiger partial charge on any atom is -0.330 e. The lowest BCUT2D eigenvalue weighted by atomic mass is 9.89. The third-order valence-corrected chi connectivity index (χ3v) is 5.37. The zero-order valence-electron chi connectivity index (χ0n) is 16.6. The summed E-state index contributed by atoms with van der Waals surface area (Å²) in [4.78, 5) is 27.2. The zero-order chi connectivity index (χ0) is 20.7. The van der Waals surface area contributed by atoms with Crippen molar-refractivity contribution in [2.45, 2.75) is 31.8 Å². The average Bonchev–Trinajstić information content (AvgIpc) is 2.74. The second-order valence-electron chi connectivity index (χ2n) is 7.38. The molecule has 1 saturated heterocycles. The molecule has 1 aromatic heterocycles. The first-order valence-corrected chi connectivity index (χ1v) is 9.91. The van der Waals surface area contributed by atoms with Gasteiger partial charge >= 0.3 is 0 Å². The molecule has 0 saturated carbocycles. The number of nitro benzene ring substituents is 1. The summed E-state index contributed by atoms with van der Waals surface area (Å²) in [5.74, 6) is 0.379. The molecule has 1 aliphatic rings. The Balaban J connectivity index is 1.96. The maximum absolute atomic E-state index is 12.2. The van der Waals surface area contributed by atoms with E-state index >= 15 is 0 Å². The van der Waals surface area contributed by atoms with Crippen LogP contribution in [-0.4, -0.2) is 35.4 Å². The maximum atomic E-state index is 12.2. The van der Waals surface area contributed by atoms with Gasteiger partial charge in [-0.05, 0) is 62.5 Å². The van der Waals surface area contributed by atoms with E-state index in [0.717, 1.165) is 37.9 Å². The van der Waals surface area contributed by atoms with E-state index in [9.17, 15) is 14.9 Å². The normalized spacial score (nSPS) is 16.7. The van der Waals surface area contributed by atoms with E-state index < -0.39 is 10.6 Å². The van der Waals surface area contributed by atoms with Crippen LogP contribution >= 0.6 is 0 Å². The number of amides is 1. The molecule has 8 nitrogen and oxygen atoms in total. The number of non-ortho nitro benzene ring substituents is 1. The second kappa shape index (κ2) is 9.58. The van der Waals surface area contributed by atoms with E-state index in [-0.39, 0.29) is 11.6 Å². The molecule has 154 valence electrons. The molecule has 3 N–H and O–H groups in total. The van der Waals surface area contributed by atoms with Crippen LogP contribution < -0.4 is 16.0 Å². The SMILES string of the molecule is CC(=O)NC(NCCC1CCNCC1)(c1ccncc1)c1cccc([N+](=O)[O-])c1. The van der Waals surface area contributed by atoms with E-state index in [1.165, 1.54) is 19.1 Å². The van der Waals surface area contributed by atoms with Crippen LogP contribution in [0.2, 0.25) is 0 Å². The number of rotatable bonds is 8. The van der Waals surface area contributed by atoms with Gasteiger partial charge in [0.15, 0.2) is 0 Å². The monoisotopic (exact) mass is 397 g/mol. The van der Waals surface area contributed by atoms with Crippen molar-refractivity contribution in [1.29, 1.82) is 0 Å². The molecule has 1 amide bonds. The van der Waals surface area contributed by atoms with Crippen molar-refractivity contribution in [3.63, 3.8) is 0 Å². The molecule has 8 heteroatoms. The first-order valence-electron chi connectivity index (χ1n) is 9.91. The maximum Gasteiger partial charge on any atom is 0.269 e. The van der Waals surface area contributed by atoms with Crippen LogP contribution in [0.1, 0.15) is 37.3 Å². The third kappa shape index (κ3) is 5.16. The predicted molar refractivity (Wildman–Crippen MR) is 110 cm³/mol. The van der Waals surface area contributed by atoms with Gasteiger partial charge in [0.2, 0.25) is 5.91 Å². The van der Waals surface area contributed by atoms with Crippen LogP contribution in [0, 0.1) is 16.0 Å². The van der Waals surface area contributed by atoms with Crippen molar-refractivity contribution < 1.29 is 9.72 Å². The second-order valence-corrected chi connectivity index (χ2v) is 7.38. The number of hydrogen-bond donors (Lipinski definition) is 3. The summed E-state index contributed by atoms with van der Waals surface area (Å²) < 4.78 is 0. The molecule has 1 atom stereocenters. The van der Waals surface area contributed by atoms with Crippen LogP contribution in [0.4, 0.5) is 5.69 Å². The van der Waals surface area contributed by atoms with Gasteiger partial charge in [0.1, 0.15) is 5.66 Å². The highest BCUT2D eigenvalue weighted by molar-refractivity contribution is 5.75. The van der Waals surface area contributed by atoms with Crippen molar-refractivity contribution in [1.82, 2.24) is 20.9 Å². The average molecular weight is 397 g/mol. The van der Waals surface area contributed by atoms with Gasteiger partial charge in [-0.15, -0.1) is 0 Å². The summed E-state index contributed by atoms with van der Waals surface area (Å²) in [5, 5.41) is 21.2. The molecular weight excluding hydrogens is 370 g/mol. The molecule has 1 aromatic carbocycles. The highest BCUT2D eigenvalue weighted by Gasteiger charge is 2.36. The Morgan fingerprint density at radius 3 is 2.62 bits per heavy atom. The molecule has 3 rings (SSSR count). The van der Waals surface area contributed by atoms with Gasteiger partial charge < -0.3 is 10.6 Å². The van der Waals surface area contributed by atoms with Gasteiger partial charge in [-0.3, -0.25) is 25.2 Å². The van der Waals surface area contributed by atoms with E-state index in [1.54, 1.807) is 24.5 Å². The van der Waals surface area contributed by atoms with Gasteiger partial charge in [0, 0.05) is 37.0 Å². The molecule has 0 spiro atoms. The van der Waals surface area contributed by atoms with Crippen molar-refractivity contribution in [2.24, 2.45) is 5.92 Å². The lowest BCUT2D eigenvalue weighted by molar-refractivity contribution is -0.385. The van der Waals surface area contributed by atoms with Crippen LogP contribution in [0.5, 0.6) is 0 Å². The molecule has 29 heavy (non-hydrogen) atoms. The van der Waals surface area contributed by atoms with Gasteiger partial charge in [-0.1, -0.05) is 12.1 Å². The molecule has 0 radical (unpaired) electrons. The molecule has 1 fully saturated rings. The van der Waals surface area contributed by atoms with Gasteiger partial charge in [-0.25, -0.2) is 0 Å². The number of hydrogen-bond acceptors (Lipinski definition) is 6. The fourth-order valence-corrected chi connectivity index (χ4v) is 3.91. The first-order chi connectivity index (χ1) is 14.0. The van der Waals surface area contributed by atoms with Crippen molar-refractivity contribution >= 4 is 11.6 Å². The van der Waals surface area contributed by atoms with E-state index in [4.69, 9.17) is 0 Å². The number of aromatic nitrogens is 1. The number of nitrogens with zero attached hydrogens (tertiary/aromatic N) is 2. The number of carbonyl (C=O) groups is 1. The lowest BCUT2D eigenvalue weighted by Crippen LogP contribution is -2.57. The Hall–Kier alpha value is -2.84. The smallest absolute Gasteiger partial charge is 0.269 e. The fraction of sp³-hybridized carbons (Fsp3) is 0.429. The van der Waals surface area contributed by atoms with Crippen molar-refractivity contribution in [3.05, 3.63) is 70.0 Å². The van der Waals surface area contributed by atoms with E-state index in [0.29, 0.717) is 18.0 Å². The van der Waals surface area contributed by atoms with Crippen LogP contribution in [0.25, 0.3) is 0 Å². The number of nitrogens with one attached hydrogen (secondary N) is 3. The Kier molecular flexibility index (Phi) is 6.90. The zero-order valence-corrected chi connectivity index (χ0v) is 16.6. The third-order valence-electron chi connectivity index (χ3n) is 5.37. The van der Waals surface area contributed by atoms with Crippen LogP contribution in [0.3, 0.4) is 0 Å². The van der Waals surface area contributed by atoms with Gasteiger partial charge in [0.25, 0.3) is 5.69 Å². The van der Waals surface area contributed by atoms with Gasteiger partial charge in [0.05, 0.1) is 4.92 Å². The summed E-state index contributed by atoms with van der Waals surface area (Å²) >= 11 is 0. The summed E-state index contributed by atoms with van der Waals surface area (Å²) in [6.07, 6.45) is 6.51. The predicted octanol–water partition coefficient (Wildman–Crippen LogP) is 2.31. The fourth-order valence-electron chi connectivity index (χ4n) is 3.91. The Morgan fingerprint density at radius 1 is 1.24 bits per heavy atom. The number of benzene rings is 1. The van der Waals surface area contributed by atoms with Crippen LogP contribution in [-0.2, 0) is 10.5 Å². The topological polar surface area (TPSA) is 109 Å². The molecule has 1 aliphatic heterocycles. The Morgan fingerprint density at radius 2 is 1.97 bits per heavy atom. The molecular formula is C21H27N5O3. The standard InChI is InChI=1S/C21H27N5O3/c1-16(27)25-21(18-8-12-23-13-9-18,19-3-2-4-20(15-19)26(28)29)24-14-7-17-5-10-22-11-6-17/h2-4,8-9,12-13,15,17,22,24H,5-7,10-11,14H2,1H3,(H,25,27). The lowest BCUT2D eigenvalue weighted by Gasteiger charge is -2.37. The highest BCUT2D eigenvalue weighted by Crippen LogP contribution is 2.30. The minimum absolute atomic E-state index is 0.0218. The van der Waals surface area contributed by atoms with Crippen molar-refractivity contribution in [2.75, 3.05) is 19.6 Å². The van der Waals surface area contributed by atoms with Gasteiger partial charge in [-0.2, -0.15) is 0 Å². The highest BCUT2D eigenvalue weighted by atomic mass is 16.6. The first kappa shape index (κ1) is 20.9. The number of carbonyl (C=O) groups excluding carboxylic acids is 1. The molecule has 0 aliphatic carbocycles. The number of pyridine rings is 1. The number of nitro groups is 1. The van der Waals surface area contributed by atoms with Crippen LogP contribution in [0.15, 0.2) is 48.8 Å². The summed E-state index contributed by atoms with van der Waals surface area (Å²) in [6, 6.07) is 10.0. The molecule has 0 bridgehead atoms.